The lowest BCUT2D eigenvalue weighted by atomic mass is 10.1. The summed E-state index contributed by atoms with van der Waals surface area (Å²) in [5, 5.41) is 7.05. The van der Waals surface area contributed by atoms with Crippen LogP contribution in [0.4, 0.5) is 5.69 Å². The fourth-order valence-electron chi connectivity index (χ4n) is 3.53. The molecule has 0 atom stereocenters. The zero-order valence-electron chi connectivity index (χ0n) is 21.3. The minimum absolute atomic E-state index is 0.238. The van der Waals surface area contributed by atoms with E-state index in [0.29, 0.717) is 27.6 Å². The van der Waals surface area contributed by atoms with Crippen molar-refractivity contribution < 1.29 is 23.9 Å². The maximum absolute atomic E-state index is 12.6. The van der Waals surface area contributed by atoms with Gasteiger partial charge in [-0.25, -0.2) is 10.2 Å². The number of rotatable bonds is 9. The number of hydrogen-bond donors (Lipinski definition) is 2. The first-order valence-corrected chi connectivity index (χ1v) is 12.4. The van der Waals surface area contributed by atoms with Gasteiger partial charge in [0.2, 0.25) is 0 Å². The molecule has 8 nitrogen and oxygen atoms in total. The number of hydrazone groups is 1. The Hall–Kier alpha value is -5.21. The average molecular weight is 554 g/mol. The van der Waals surface area contributed by atoms with E-state index in [0.717, 1.165) is 5.56 Å². The van der Waals surface area contributed by atoms with Crippen LogP contribution in [0, 0.1) is 0 Å². The van der Waals surface area contributed by atoms with Crippen molar-refractivity contribution in [3.05, 3.63) is 130 Å². The topological polar surface area (TPSA) is 106 Å². The van der Waals surface area contributed by atoms with Crippen molar-refractivity contribution >= 4 is 47.4 Å². The van der Waals surface area contributed by atoms with Gasteiger partial charge in [0, 0.05) is 17.3 Å². The highest BCUT2D eigenvalue weighted by Crippen LogP contribution is 2.28. The Morgan fingerprint density at radius 2 is 1.57 bits per heavy atom. The number of carbonyl (C=O) groups is 3. The van der Waals surface area contributed by atoms with Crippen molar-refractivity contribution in [2.75, 3.05) is 12.4 Å². The van der Waals surface area contributed by atoms with Crippen molar-refractivity contribution in [2.45, 2.75) is 0 Å². The van der Waals surface area contributed by atoms with Crippen LogP contribution in [0.5, 0.6) is 11.5 Å². The first-order valence-electron chi connectivity index (χ1n) is 12.1. The van der Waals surface area contributed by atoms with Gasteiger partial charge in [-0.05, 0) is 65.7 Å². The summed E-state index contributed by atoms with van der Waals surface area (Å²) in [6, 6.07) is 27.3. The molecule has 0 bridgehead atoms. The molecule has 4 rings (SSSR count). The number of nitrogens with one attached hydrogen (secondary N) is 2. The first kappa shape index (κ1) is 27.8. The highest BCUT2D eigenvalue weighted by Gasteiger charge is 2.12. The monoisotopic (exact) mass is 553 g/mol. The van der Waals surface area contributed by atoms with Crippen molar-refractivity contribution in [1.82, 2.24) is 5.43 Å². The molecule has 0 aliphatic rings. The standard InChI is InChI=1S/C31H24ClN3O5/c1-39-28-18-22(14-16-27(28)40-29(36)17-15-21-8-3-2-4-9-21)20-33-35-30(37)23-10-7-11-24(19-23)34-31(38)25-12-5-6-13-26(25)32/h2-20H,1H3,(H,34,38)(H,35,37)/b17-15+,33-20?. The minimum atomic E-state index is -0.555. The number of benzene rings is 4. The van der Waals surface area contributed by atoms with E-state index in [1.807, 2.05) is 30.3 Å². The highest BCUT2D eigenvalue weighted by atomic mass is 35.5. The number of ether oxygens (including phenoxy) is 2. The van der Waals surface area contributed by atoms with Crippen LogP contribution in [0.2, 0.25) is 5.02 Å². The van der Waals surface area contributed by atoms with Crippen LogP contribution in [0.15, 0.2) is 108 Å². The molecule has 0 aliphatic heterocycles. The molecule has 4 aromatic rings. The van der Waals surface area contributed by atoms with Crippen LogP contribution in [0.25, 0.3) is 6.08 Å². The molecule has 0 saturated heterocycles. The summed E-state index contributed by atoms with van der Waals surface area (Å²) in [6.45, 7) is 0. The van der Waals surface area contributed by atoms with Crippen LogP contribution in [-0.4, -0.2) is 31.1 Å². The summed E-state index contributed by atoms with van der Waals surface area (Å²) < 4.78 is 10.7. The quantitative estimate of drug-likeness (QED) is 0.0871. The smallest absolute Gasteiger partial charge is 0.336 e. The number of methoxy groups -OCH3 is 1. The maximum Gasteiger partial charge on any atom is 0.336 e. The lowest BCUT2D eigenvalue weighted by Crippen LogP contribution is -2.18. The zero-order chi connectivity index (χ0) is 28.3. The largest absolute Gasteiger partial charge is 0.493 e. The number of carbonyl (C=O) groups excluding carboxylic acids is 3. The third-order valence-electron chi connectivity index (χ3n) is 5.49. The SMILES string of the molecule is COc1cc(C=NNC(=O)c2cccc(NC(=O)c3ccccc3Cl)c2)ccc1OC(=O)/C=C/c1ccccc1. The molecule has 0 spiro atoms. The van der Waals surface area contributed by atoms with E-state index in [1.54, 1.807) is 66.7 Å². The molecule has 0 saturated carbocycles. The van der Waals surface area contributed by atoms with E-state index in [-0.39, 0.29) is 11.3 Å². The average Bonchev–Trinajstić information content (AvgIpc) is 2.97. The Morgan fingerprint density at radius 1 is 0.800 bits per heavy atom. The second-order valence-corrected chi connectivity index (χ2v) is 8.70. The van der Waals surface area contributed by atoms with Crippen LogP contribution < -0.4 is 20.2 Å². The second kappa shape index (κ2) is 13.5. The maximum atomic E-state index is 12.6. The molecule has 0 heterocycles. The van der Waals surface area contributed by atoms with E-state index in [1.165, 1.54) is 25.5 Å². The molecule has 40 heavy (non-hydrogen) atoms. The number of nitrogens with zero attached hydrogens (tertiary/aromatic N) is 1. The zero-order valence-corrected chi connectivity index (χ0v) is 22.1. The molecule has 0 unspecified atom stereocenters. The molecular formula is C31H24ClN3O5. The van der Waals surface area contributed by atoms with Gasteiger partial charge in [-0.3, -0.25) is 9.59 Å². The molecule has 4 aromatic carbocycles. The third-order valence-corrected chi connectivity index (χ3v) is 5.82. The Labute approximate surface area is 235 Å². The van der Waals surface area contributed by atoms with Crippen molar-refractivity contribution in [3.63, 3.8) is 0 Å². The van der Waals surface area contributed by atoms with Crippen molar-refractivity contribution in [3.8, 4) is 11.5 Å². The molecule has 0 fully saturated rings. The fourth-order valence-corrected chi connectivity index (χ4v) is 3.75. The molecule has 2 amide bonds. The van der Waals surface area contributed by atoms with E-state index in [2.05, 4.69) is 15.8 Å². The number of anilines is 1. The van der Waals surface area contributed by atoms with Crippen LogP contribution in [0.1, 0.15) is 31.8 Å². The minimum Gasteiger partial charge on any atom is -0.493 e. The van der Waals surface area contributed by atoms with Gasteiger partial charge in [-0.2, -0.15) is 5.10 Å². The van der Waals surface area contributed by atoms with Gasteiger partial charge in [0.25, 0.3) is 11.8 Å². The Morgan fingerprint density at radius 3 is 2.35 bits per heavy atom. The van der Waals surface area contributed by atoms with Gasteiger partial charge in [0.05, 0.1) is 23.9 Å². The summed E-state index contributed by atoms with van der Waals surface area (Å²) in [7, 11) is 1.45. The first-order chi connectivity index (χ1) is 19.4. The lowest BCUT2D eigenvalue weighted by molar-refractivity contribution is -0.129. The third kappa shape index (κ3) is 7.66. The molecule has 0 aromatic heterocycles. The van der Waals surface area contributed by atoms with Gasteiger partial charge < -0.3 is 14.8 Å². The molecular weight excluding hydrogens is 530 g/mol. The summed E-state index contributed by atoms with van der Waals surface area (Å²) in [5.41, 5.74) is 4.95. The number of amides is 2. The van der Waals surface area contributed by atoms with Crippen LogP contribution in [0.3, 0.4) is 0 Å². The fraction of sp³-hybridized carbons (Fsp3) is 0.0323. The molecule has 9 heteroatoms. The van der Waals surface area contributed by atoms with Gasteiger partial charge in [-0.1, -0.05) is 60.1 Å². The van der Waals surface area contributed by atoms with Crippen molar-refractivity contribution in [2.24, 2.45) is 5.10 Å². The van der Waals surface area contributed by atoms with Crippen LogP contribution in [-0.2, 0) is 4.79 Å². The summed E-state index contributed by atoms with van der Waals surface area (Å²) in [4.78, 5) is 37.3. The van der Waals surface area contributed by atoms with E-state index < -0.39 is 17.8 Å². The Balaban J connectivity index is 1.35. The molecule has 2 N–H and O–H groups in total. The van der Waals surface area contributed by atoms with Gasteiger partial charge in [-0.15, -0.1) is 0 Å². The normalized spacial score (nSPS) is 10.8. The predicted octanol–water partition coefficient (Wildman–Crippen LogP) is 5.98. The van der Waals surface area contributed by atoms with Crippen molar-refractivity contribution in [1.29, 1.82) is 0 Å². The predicted molar refractivity (Wildman–Crippen MR) is 155 cm³/mol. The lowest BCUT2D eigenvalue weighted by Gasteiger charge is -2.09. The summed E-state index contributed by atoms with van der Waals surface area (Å²) >= 11 is 6.09. The van der Waals surface area contributed by atoms with Gasteiger partial charge >= 0.3 is 5.97 Å². The summed E-state index contributed by atoms with van der Waals surface area (Å²) in [5.74, 6) is -0.869. The highest BCUT2D eigenvalue weighted by molar-refractivity contribution is 6.34. The van der Waals surface area contributed by atoms with Crippen LogP contribution >= 0.6 is 11.6 Å². The van der Waals surface area contributed by atoms with E-state index in [4.69, 9.17) is 21.1 Å². The molecule has 0 aliphatic carbocycles. The molecule has 200 valence electrons. The number of hydrogen-bond acceptors (Lipinski definition) is 6. The Bertz CT molecular complexity index is 1590. The van der Waals surface area contributed by atoms with Gasteiger partial charge in [0.15, 0.2) is 11.5 Å². The molecule has 0 radical (unpaired) electrons. The van der Waals surface area contributed by atoms with E-state index in [9.17, 15) is 14.4 Å². The van der Waals surface area contributed by atoms with Gasteiger partial charge in [0.1, 0.15) is 0 Å². The number of esters is 1. The second-order valence-electron chi connectivity index (χ2n) is 8.29. The Kier molecular flexibility index (Phi) is 9.42. The van der Waals surface area contributed by atoms with E-state index >= 15 is 0 Å². The number of halogens is 1. The summed E-state index contributed by atoms with van der Waals surface area (Å²) in [6.07, 6.45) is 4.41.